The third kappa shape index (κ3) is 2.95. The van der Waals surface area contributed by atoms with E-state index in [1.165, 1.54) is 12.1 Å². The summed E-state index contributed by atoms with van der Waals surface area (Å²) in [6.07, 6.45) is 1.89. The number of non-ortho nitro benzene ring substituents is 1. The highest BCUT2D eigenvalue weighted by Gasteiger charge is 2.35. The van der Waals surface area contributed by atoms with Gasteiger partial charge in [-0.25, -0.2) is 6.57 Å². The number of hydrogen-bond acceptors (Lipinski definition) is 4. The molecule has 1 aromatic heterocycles. The smallest absolute Gasteiger partial charge is 0.310 e. The first-order valence-electron chi connectivity index (χ1n) is 7.50. The van der Waals surface area contributed by atoms with E-state index in [1.807, 2.05) is 6.92 Å². The highest BCUT2D eigenvalue weighted by molar-refractivity contribution is 7.99. The summed E-state index contributed by atoms with van der Waals surface area (Å²) < 4.78 is 0. The zero-order valence-electron chi connectivity index (χ0n) is 13.1. The molecule has 0 bridgehead atoms. The van der Waals surface area contributed by atoms with Gasteiger partial charge in [0.05, 0.1) is 16.6 Å². The minimum atomic E-state index is -0.424. The Labute approximate surface area is 143 Å². The number of benzene rings is 1. The average Bonchev–Trinajstić information content (AvgIpc) is 3.20. The first kappa shape index (κ1) is 16.3. The molecule has 1 aliphatic heterocycles. The topological polar surface area (TPSA) is 83.6 Å². The summed E-state index contributed by atoms with van der Waals surface area (Å²) in [4.78, 5) is 31.4. The summed E-state index contributed by atoms with van der Waals surface area (Å²) >= 11 is 1.59. The lowest BCUT2D eigenvalue weighted by molar-refractivity contribution is -0.384. The van der Waals surface area contributed by atoms with Crippen molar-refractivity contribution in [3.8, 4) is 0 Å². The number of fused-ring (bicyclic) bond motifs is 1. The molecule has 0 spiro atoms. The lowest BCUT2D eigenvalue weighted by Crippen LogP contribution is -2.38. The fourth-order valence-corrected chi connectivity index (χ4v) is 3.97. The lowest BCUT2D eigenvalue weighted by Gasteiger charge is -2.19. The largest absolute Gasteiger partial charge is 0.361 e. The van der Waals surface area contributed by atoms with Gasteiger partial charge in [0.2, 0.25) is 5.91 Å². The number of hydrogen-bond donors (Lipinski definition) is 1. The van der Waals surface area contributed by atoms with Crippen molar-refractivity contribution in [2.75, 3.05) is 11.6 Å². The number of rotatable bonds is 4. The number of aromatic nitrogens is 1. The van der Waals surface area contributed by atoms with Gasteiger partial charge in [-0.3, -0.25) is 24.7 Å². The maximum absolute atomic E-state index is 12.6. The maximum Gasteiger partial charge on any atom is 0.310 e. The SMILES string of the molecule is [C-]#[N+][C@H]1CSCN1C(=O)[C@@H](C)Cc1c[nH]c2ccc([N+](=O)[O-])cc12. The molecule has 1 aliphatic rings. The van der Waals surface area contributed by atoms with Crippen LogP contribution < -0.4 is 0 Å². The van der Waals surface area contributed by atoms with Crippen LogP contribution in [0, 0.1) is 22.6 Å². The zero-order valence-corrected chi connectivity index (χ0v) is 13.9. The third-order valence-electron chi connectivity index (χ3n) is 4.20. The fourth-order valence-electron chi connectivity index (χ4n) is 2.90. The number of nitro benzene ring substituents is 1. The van der Waals surface area contributed by atoms with Gasteiger partial charge < -0.3 is 4.98 Å². The molecule has 7 nitrogen and oxygen atoms in total. The minimum absolute atomic E-state index is 0.0337. The molecule has 0 unspecified atom stereocenters. The Kier molecular flexibility index (Phi) is 4.44. The van der Waals surface area contributed by atoms with Crippen LogP contribution in [0.5, 0.6) is 0 Å². The number of amides is 1. The van der Waals surface area contributed by atoms with Crippen LogP contribution in [0.3, 0.4) is 0 Å². The molecule has 24 heavy (non-hydrogen) atoms. The van der Waals surface area contributed by atoms with E-state index < -0.39 is 4.92 Å². The Morgan fingerprint density at radius 2 is 2.42 bits per heavy atom. The van der Waals surface area contributed by atoms with Gasteiger partial charge in [-0.1, -0.05) is 6.92 Å². The van der Waals surface area contributed by atoms with Crippen molar-refractivity contribution < 1.29 is 9.72 Å². The number of aromatic amines is 1. The molecule has 1 fully saturated rings. The minimum Gasteiger partial charge on any atom is -0.361 e. The molecule has 1 aromatic carbocycles. The van der Waals surface area contributed by atoms with Crippen molar-refractivity contribution >= 4 is 34.3 Å². The lowest BCUT2D eigenvalue weighted by atomic mass is 9.99. The van der Waals surface area contributed by atoms with Crippen LogP contribution in [0.2, 0.25) is 0 Å². The molecule has 0 saturated carbocycles. The molecular weight excluding hydrogens is 328 g/mol. The van der Waals surface area contributed by atoms with Gasteiger partial charge in [0.25, 0.3) is 5.69 Å². The molecular formula is C16H16N4O3S. The number of thioether (sulfide) groups is 1. The second-order valence-corrected chi connectivity index (χ2v) is 6.82. The quantitative estimate of drug-likeness (QED) is 0.525. The summed E-state index contributed by atoms with van der Waals surface area (Å²) in [5, 5.41) is 11.7. The van der Waals surface area contributed by atoms with E-state index in [2.05, 4.69) is 9.83 Å². The molecule has 1 saturated heterocycles. The second kappa shape index (κ2) is 6.53. The number of nitrogens with one attached hydrogen (secondary N) is 1. The summed E-state index contributed by atoms with van der Waals surface area (Å²) in [5.41, 5.74) is 1.72. The molecule has 124 valence electrons. The van der Waals surface area contributed by atoms with Gasteiger partial charge in [0.1, 0.15) is 0 Å². The van der Waals surface area contributed by atoms with Gasteiger partial charge in [-0.05, 0) is 18.1 Å². The van der Waals surface area contributed by atoms with Crippen LogP contribution in [0.15, 0.2) is 24.4 Å². The van der Waals surface area contributed by atoms with Crippen LogP contribution >= 0.6 is 11.8 Å². The molecule has 2 atom stereocenters. The number of H-pyrrole nitrogens is 1. The third-order valence-corrected chi connectivity index (χ3v) is 5.19. The van der Waals surface area contributed by atoms with Gasteiger partial charge in [-0.15, -0.1) is 11.8 Å². The summed E-state index contributed by atoms with van der Waals surface area (Å²) in [6.45, 7) is 9.02. The normalized spacial score (nSPS) is 18.5. The Bertz CT molecular complexity index is 841. The van der Waals surface area contributed by atoms with E-state index in [-0.39, 0.29) is 23.7 Å². The predicted molar refractivity (Wildman–Crippen MR) is 92.4 cm³/mol. The highest BCUT2D eigenvalue weighted by Crippen LogP contribution is 2.28. The molecule has 3 rings (SSSR count). The fraction of sp³-hybridized carbons (Fsp3) is 0.375. The van der Waals surface area contributed by atoms with Crippen LogP contribution in [0.25, 0.3) is 15.7 Å². The number of carbonyl (C=O) groups excluding carboxylic acids is 1. The van der Waals surface area contributed by atoms with Crippen molar-refractivity contribution in [1.82, 2.24) is 9.88 Å². The van der Waals surface area contributed by atoms with Gasteiger partial charge in [0, 0.05) is 35.2 Å². The molecule has 0 aliphatic carbocycles. The highest BCUT2D eigenvalue weighted by atomic mass is 32.2. The van der Waals surface area contributed by atoms with E-state index in [4.69, 9.17) is 6.57 Å². The first-order valence-corrected chi connectivity index (χ1v) is 8.66. The average molecular weight is 344 g/mol. The standard InChI is InChI=1S/C16H16N4O3S/c1-10(16(21)19-9-24-8-15(19)17-2)5-11-7-18-14-4-3-12(20(22)23)6-13(11)14/h3-4,6-7,10,15,18H,5,8-9H2,1H3/t10-,15+/m0/s1. The van der Waals surface area contributed by atoms with Crippen molar-refractivity contribution in [2.45, 2.75) is 19.5 Å². The zero-order chi connectivity index (χ0) is 17.3. The summed E-state index contributed by atoms with van der Waals surface area (Å²) in [7, 11) is 0. The Morgan fingerprint density at radius 1 is 1.62 bits per heavy atom. The molecule has 0 radical (unpaired) electrons. The van der Waals surface area contributed by atoms with Crippen molar-refractivity contribution in [3.63, 3.8) is 0 Å². The molecule has 1 amide bonds. The first-order chi connectivity index (χ1) is 11.5. The molecule has 2 heterocycles. The van der Waals surface area contributed by atoms with E-state index >= 15 is 0 Å². The Balaban J connectivity index is 1.81. The number of nitro groups is 1. The monoisotopic (exact) mass is 344 g/mol. The second-order valence-electron chi connectivity index (χ2n) is 5.82. The summed E-state index contributed by atoms with van der Waals surface area (Å²) in [6, 6.07) is 4.67. The Hall–Kier alpha value is -2.53. The van der Waals surface area contributed by atoms with Crippen LogP contribution in [0.4, 0.5) is 5.69 Å². The van der Waals surface area contributed by atoms with Crippen molar-refractivity contribution in [2.24, 2.45) is 5.92 Å². The summed E-state index contributed by atoms with van der Waals surface area (Å²) in [5.74, 6) is 0.878. The predicted octanol–water partition coefficient (Wildman–Crippen LogP) is 3.03. The van der Waals surface area contributed by atoms with Crippen LogP contribution in [-0.4, -0.2) is 38.5 Å². The van der Waals surface area contributed by atoms with Crippen molar-refractivity contribution in [1.29, 1.82) is 0 Å². The molecule has 8 heteroatoms. The van der Waals surface area contributed by atoms with E-state index in [0.717, 1.165) is 16.5 Å². The van der Waals surface area contributed by atoms with Gasteiger partial charge >= 0.3 is 6.17 Å². The van der Waals surface area contributed by atoms with E-state index in [9.17, 15) is 14.9 Å². The maximum atomic E-state index is 12.6. The van der Waals surface area contributed by atoms with Gasteiger partial charge in [-0.2, -0.15) is 0 Å². The van der Waals surface area contributed by atoms with Crippen LogP contribution in [0.1, 0.15) is 12.5 Å². The molecule has 1 N–H and O–H groups in total. The Morgan fingerprint density at radius 3 is 3.12 bits per heavy atom. The van der Waals surface area contributed by atoms with E-state index in [0.29, 0.717) is 18.1 Å². The van der Waals surface area contributed by atoms with Gasteiger partial charge in [0.15, 0.2) is 0 Å². The van der Waals surface area contributed by atoms with Crippen LogP contribution in [-0.2, 0) is 11.2 Å². The van der Waals surface area contributed by atoms with Crippen molar-refractivity contribution in [3.05, 3.63) is 51.5 Å². The van der Waals surface area contributed by atoms with E-state index in [1.54, 1.807) is 28.9 Å². The number of nitrogens with zero attached hydrogens (tertiary/aromatic N) is 3. The number of carbonyl (C=O) groups is 1. The molecule has 2 aromatic rings.